The molecule has 0 unspecified atom stereocenters. The van der Waals surface area contributed by atoms with Crippen LogP contribution in [0.1, 0.15) is 47.7 Å². The highest BCUT2D eigenvalue weighted by molar-refractivity contribution is 5.96. The number of piperazine rings is 1. The summed E-state index contributed by atoms with van der Waals surface area (Å²) < 4.78 is 5.00. The minimum Gasteiger partial charge on any atom is -0.450 e. The predicted octanol–water partition coefficient (Wildman–Crippen LogP) is 1.87. The number of hydrogen-bond donors (Lipinski definition) is 0. The Morgan fingerprint density at radius 3 is 1.96 bits per heavy atom. The van der Waals surface area contributed by atoms with E-state index >= 15 is 0 Å². The van der Waals surface area contributed by atoms with Gasteiger partial charge in [0.15, 0.2) is 0 Å². The third kappa shape index (κ3) is 4.61. The molecule has 3 heterocycles. The summed E-state index contributed by atoms with van der Waals surface area (Å²) in [4.78, 5) is 46.7. The van der Waals surface area contributed by atoms with Crippen molar-refractivity contribution in [1.82, 2.24) is 19.7 Å². The van der Waals surface area contributed by atoms with Gasteiger partial charge in [-0.05, 0) is 37.8 Å². The van der Waals surface area contributed by atoms with E-state index in [0.29, 0.717) is 44.4 Å². The second-order valence-corrected chi connectivity index (χ2v) is 7.36. The van der Waals surface area contributed by atoms with Crippen molar-refractivity contribution in [3.8, 4) is 0 Å². The van der Waals surface area contributed by atoms with Crippen LogP contribution in [-0.4, -0.2) is 83.5 Å². The first kappa shape index (κ1) is 20.1. The maximum absolute atomic E-state index is 12.8. The van der Waals surface area contributed by atoms with Crippen LogP contribution >= 0.6 is 0 Å². The Morgan fingerprint density at radius 2 is 1.43 bits per heavy atom. The van der Waals surface area contributed by atoms with Gasteiger partial charge in [-0.25, -0.2) is 9.78 Å². The van der Waals surface area contributed by atoms with Crippen molar-refractivity contribution in [2.75, 3.05) is 45.9 Å². The van der Waals surface area contributed by atoms with Gasteiger partial charge >= 0.3 is 6.09 Å². The van der Waals surface area contributed by atoms with Crippen LogP contribution < -0.4 is 0 Å². The Labute approximate surface area is 165 Å². The maximum atomic E-state index is 12.8. The fourth-order valence-corrected chi connectivity index (χ4v) is 3.52. The number of rotatable bonds is 3. The number of likely N-dealkylation sites (tertiary alicyclic amines) is 1. The molecule has 3 rings (SSSR count). The van der Waals surface area contributed by atoms with Gasteiger partial charge in [-0.2, -0.15) is 0 Å². The van der Waals surface area contributed by atoms with Crippen LogP contribution in [0.5, 0.6) is 0 Å². The molecule has 2 aliphatic heterocycles. The molecular weight excluding hydrogens is 360 g/mol. The van der Waals surface area contributed by atoms with Crippen molar-refractivity contribution in [2.45, 2.75) is 26.7 Å². The predicted molar refractivity (Wildman–Crippen MR) is 103 cm³/mol. The fourth-order valence-electron chi connectivity index (χ4n) is 3.52. The Morgan fingerprint density at radius 1 is 0.929 bits per heavy atom. The van der Waals surface area contributed by atoms with E-state index in [0.717, 1.165) is 25.9 Å². The second-order valence-electron chi connectivity index (χ2n) is 7.36. The molecule has 28 heavy (non-hydrogen) atoms. The van der Waals surface area contributed by atoms with Crippen molar-refractivity contribution in [1.29, 1.82) is 0 Å². The fraction of sp³-hybridized carbons (Fsp3) is 0.600. The molecule has 2 fully saturated rings. The zero-order valence-electron chi connectivity index (χ0n) is 16.6. The molecule has 0 aliphatic carbocycles. The summed E-state index contributed by atoms with van der Waals surface area (Å²) in [6.45, 7) is 7.44. The molecule has 0 atom stereocenters. The highest BCUT2D eigenvalue weighted by Crippen LogP contribution is 2.18. The molecule has 0 radical (unpaired) electrons. The molecule has 152 valence electrons. The van der Waals surface area contributed by atoms with Crippen molar-refractivity contribution in [2.24, 2.45) is 5.92 Å². The summed E-state index contributed by atoms with van der Waals surface area (Å²) in [5.41, 5.74) is 0.575. The van der Waals surface area contributed by atoms with Gasteiger partial charge < -0.3 is 19.4 Å². The van der Waals surface area contributed by atoms with Crippen LogP contribution in [0.25, 0.3) is 0 Å². The topological polar surface area (TPSA) is 83.0 Å². The first-order valence-electron chi connectivity index (χ1n) is 9.97. The highest BCUT2D eigenvalue weighted by atomic mass is 16.6. The SMILES string of the molecule is CCOC(=O)N1CCN(C(=O)c2cccc(C(=O)N3CCC(C)CC3)n2)CC1. The number of carbonyl (C=O) groups excluding carboxylic acids is 3. The molecule has 0 saturated carbocycles. The van der Waals surface area contributed by atoms with Crippen LogP contribution in [0.2, 0.25) is 0 Å². The average Bonchev–Trinajstić information content (AvgIpc) is 2.73. The standard InChI is InChI=1S/C20H28N4O4/c1-3-28-20(27)24-13-11-23(12-14-24)19(26)17-6-4-5-16(21-17)18(25)22-9-7-15(2)8-10-22/h4-6,15H,3,7-14H2,1-2H3. The van der Waals surface area contributed by atoms with Gasteiger partial charge in [0.2, 0.25) is 0 Å². The molecule has 0 N–H and O–H groups in total. The van der Waals surface area contributed by atoms with Crippen molar-refractivity contribution >= 4 is 17.9 Å². The van der Waals surface area contributed by atoms with Gasteiger partial charge in [0.1, 0.15) is 11.4 Å². The number of carbonyl (C=O) groups is 3. The van der Waals surface area contributed by atoms with Crippen LogP contribution in [-0.2, 0) is 4.74 Å². The summed E-state index contributed by atoms with van der Waals surface area (Å²) in [6, 6.07) is 5.00. The van der Waals surface area contributed by atoms with E-state index in [2.05, 4.69) is 11.9 Å². The maximum Gasteiger partial charge on any atom is 0.409 e. The number of amides is 3. The third-order valence-electron chi connectivity index (χ3n) is 5.35. The van der Waals surface area contributed by atoms with E-state index in [1.54, 1.807) is 34.9 Å². The molecule has 1 aromatic heterocycles. The van der Waals surface area contributed by atoms with E-state index in [4.69, 9.17) is 4.74 Å². The lowest BCUT2D eigenvalue weighted by Gasteiger charge is -2.34. The molecule has 8 heteroatoms. The molecule has 2 aliphatic rings. The van der Waals surface area contributed by atoms with Gasteiger partial charge in [0, 0.05) is 39.3 Å². The van der Waals surface area contributed by atoms with Gasteiger partial charge in [-0.15, -0.1) is 0 Å². The summed E-state index contributed by atoms with van der Waals surface area (Å²) >= 11 is 0. The number of hydrogen-bond acceptors (Lipinski definition) is 5. The van der Waals surface area contributed by atoms with Gasteiger partial charge in [0.05, 0.1) is 6.61 Å². The Bertz CT molecular complexity index is 723. The molecule has 3 amide bonds. The average molecular weight is 388 g/mol. The van der Waals surface area contributed by atoms with Crippen molar-refractivity contribution in [3.05, 3.63) is 29.6 Å². The highest BCUT2D eigenvalue weighted by Gasteiger charge is 2.27. The molecular formula is C20H28N4O4. The lowest BCUT2D eigenvalue weighted by molar-refractivity contribution is 0.0565. The van der Waals surface area contributed by atoms with Gasteiger partial charge in [0.25, 0.3) is 11.8 Å². The molecule has 0 spiro atoms. The second kappa shape index (κ2) is 9.03. The van der Waals surface area contributed by atoms with Gasteiger partial charge in [-0.1, -0.05) is 13.0 Å². The largest absolute Gasteiger partial charge is 0.450 e. The minimum absolute atomic E-state index is 0.117. The summed E-state index contributed by atoms with van der Waals surface area (Å²) in [6.07, 6.45) is 1.64. The Balaban J connectivity index is 1.61. The summed E-state index contributed by atoms with van der Waals surface area (Å²) in [5, 5.41) is 0. The number of piperidine rings is 1. The van der Waals surface area contributed by atoms with Crippen molar-refractivity contribution < 1.29 is 19.1 Å². The summed E-state index contributed by atoms with van der Waals surface area (Å²) in [5.74, 6) is 0.303. The Hall–Kier alpha value is -2.64. The van der Waals surface area contributed by atoms with E-state index in [9.17, 15) is 14.4 Å². The monoisotopic (exact) mass is 388 g/mol. The third-order valence-corrected chi connectivity index (χ3v) is 5.35. The van der Waals surface area contributed by atoms with Crippen LogP contribution in [0.4, 0.5) is 4.79 Å². The van der Waals surface area contributed by atoms with Crippen LogP contribution in [0.15, 0.2) is 18.2 Å². The molecule has 0 aromatic carbocycles. The number of aromatic nitrogens is 1. The van der Waals surface area contributed by atoms with E-state index in [-0.39, 0.29) is 23.6 Å². The quantitative estimate of drug-likeness (QED) is 0.789. The number of ether oxygens (including phenoxy) is 1. The van der Waals surface area contributed by atoms with Crippen LogP contribution in [0.3, 0.4) is 0 Å². The zero-order chi connectivity index (χ0) is 20.1. The Kier molecular flexibility index (Phi) is 6.49. The minimum atomic E-state index is -0.351. The molecule has 2 saturated heterocycles. The van der Waals surface area contributed by atoms with E-state index in [1.165, 1.54) is 0 Å². The number of nitrogens with zero attached hydrogens (tertiary/aromatic N) is 4. The molecule has 8 nitrogen and oxygen atoms in total. The summed E-state index contributed by atoms with van der Waals surface area (Å²) in [7, 11) is 0. The van der Waals surface area contributed by atoms with Crippen LogP contribution in [0, 0.1) is 5.92 Å². The molecule has 0 bridgehead atoms. The zero-order valence-corrected chi connectivity index (χ0v) is 16.6. The van der Waals surface area contributed by atoms with Crippen molar-refractivity contribution in [3.63, 3.8) is 0 Å². The molecule has 1 aromatic rings. The normalized spacial score (nSPS) is 18.1. The van der Waals surface area contributed by atoms with Gasteiger partial charge in [-0.3, -0.25) is 9.59 Å². The smallest absolute Gasteiger partial charge is 0.409 e. The lowest BCUT2D eigenvalue weighted by Crippen LogP contribution is -2.50. The van der Waals surface area contributed by atoms with E-state index < -0.39 is 0 Å². The first-order chi connectivity index (χ1) is 13.5. The number of pyridine rings is 1. The lowest BCUT2D eigenvalue weighted by atomic mass is 9.99. The first-order valence-corrected chi connectivity index (χ1v) is 9.97. The van der Waals surface area contributed by atoms with E-state index in [1.807, 2.05) is 4.90 Å².